The summed E-state index contributed by atoms with van der Waals surface area (Å²) in [5, 5.41) is 38.3. The van der Waals surface area contributed by atoms with Crippen LogP contribution in [0.2, 0.25) is 0 Å². The minimum Gasteiger partial charge on any atom is -0.493 e. The zero-order chi connectivity index (χ0) is 29.9. The largest absolute Gasteiger partial charge is 0.493 e. The molecule has 0 bridgehead atoms. The Labute approximate surface area is 233 Å². The zero-order valence-corrected chi connectivity index (χ0v) is 21.7. The van der Waals surface area contributed by atoms with Gasteiger partial charge < -0.3 is 35.5 Å². The van der Waals surface area contributed by atoms with Crippen molar-refractivity contribution in [1.82, 2.24) is 9.97 Å². The summed E-state index contributed by atoms with van der Waals surface area (Å²) < 4.78 is 17.2. The molecular formula is C28H22N6O7. The summed E-state index contributed by atoms with van der Waals surface area (Å²) in [6, 6.07) is 19.5. The molecule has 3 aromatic carbocycles. The molecule has 0 aliphatic carbocycles. The van der Waals surface area contributed by atoms with Crippen molar-refractivity contribution >= 4 is 40.2 Å². The van der Waals surface area contributed by atoms with Crippen LogP contribution in [0, 0.1) is 22.7 Å². The molecular weight excluding hydrogens is 532 g/mol. The van der Waals surface area contributed by atoms with Crippen molar-refractivity contribution in [1.29, 1.82) is 10.5 Å². The lowest BCUT2D eigenvalue weighted by Gasteiger charge is -2.16. The molecule has 0 aliphatic rings. The number of nitrogens with one attached hydrogen (secondary N) is 1. The summed E-state index contributed by atoms with van der Waals surface area (Å²) in [5.41, 5.74) is 7.70. The molecule has 5 N–H and O–H groups in total. The average Bonchev–Trinajstić information content (AvgIpc) is 2.95. The lowest BCUT2D eigenvalue weighted by atomic mass is 10.1. The van der Waals surface area contributed by atoms with E-state index < -0.39 is 11.9 Å². The summed E-state index contributed by atoms with van der Waals surface area (Å²) in [4.78, 5) is 27.7. The Kier molecular flexibility index (Phi) is 9.59. The fraction of sp³-hybridized carbons (Fsp3) is 0.0714. The van der Waals surface area contributed by atoms with Crippen LogP contribution in [0.3, 0.4) is 0 Å². The number of carboxylic acids is 2. The van der Waals surface area contributed by atoms with Crippen LogP contribution in [0.5, 0.6) is 23.1 Å². The molecule has 0 amide bonds. The van der Waals surface area contributed by atoms with Crippen molar-refractivity contribution in [2.75, 3.05) is 25.3 Å². The van der Waals surface area contributed by atoms with E-state index in [0.717, 1.165) is 10.8 Å². The highest BCUT2D eigenvalue weighted by atomic mass is 16.5. The highest BCUT2D eigenvalue weighted by Crippen LogP contribution is 2.45. The van der Waals surface area contributed by atoms with E-state index in [2.05, 4.69) is 27.4 Å². The second-order valence-electron chi connectivity index (χ2n) is 7.87. The fourth-order valence-electron chi connectivity index (χ4n) is 3.41. The first-order valence-electron chi connectivity index (χ1n) is 11.5. The number of nitriles is 2. The first-order valence-corrected chi connectivity index (χ1v) is 11.5. The predicted octanol–water partition coefficient (Wildman–Crippen LogP) is 4.22. The Balaban J connectivity index is 0.000000507. The second kappa shape index (κ2) is 13.5. The van der Waals surface area contributed by atoms with E-state index in [1.807, 2.05) is 0 Å². The molecule has 41 heavy (non-hydrogen) atoms. The SMILES string of the molecule is COc1cc2cc(C#N)ccc2c(OC)c1Oc1cc(N)nc(Nc2ccc(C#N)cc2)n1.O=C(O)/C=C\C(=O)O. The number of anilines is 3. The molecule has 1 aromatic heterocycles. The van der Waals surface area contributed by atoms with Crippen molar-refractivity contribution in [3.05, 3.63) is 77.9 Å². The molecule has 0 spiro atoms. The molecule has 0 aliphatic heterocycles. The van der Waals surface area contributed by atoms with Gasteiger partial charge in [-0.1, -0.05) is 0 Å². The van der Waals surface area contributed by atoms with Gasteiger partial charge in [-0.05, 0) is 53.9 Å². The normalized spacial score (nSPS) is 10.0. The Hall–Kier alpha value is -6.34. The second-order valence-corrected chi connectivity index (χ2v) is 7.87. The maximum absolute atomic E-state index is 9.55. The van der Waals surface area contributed by atoms with E-state index in [4.69, 9.17) is 35.4 Å². The average molecular weight is 555 g/mol. The molecule has 206 valence electrons. The molecule has 0 radical (unpaired) electrons. The van der Waals surface area contributed by atoms with Crippen molar-refractivity contribution in [3.8, 4) is 35.3 Å². The standard InChI is InChI=1S/C24H18N6O3.C4H4O4/c1-31-19-10-16-9-15(13-26)5-8-18(16)22(32-2)23(19)33-21-11-20(27)29-24(30-21)28-17-6-3-14(12-25)4-7-17;5-3(6)1-2-4(7)8/h3-11H,1-2H3,(H3,27,28,29,30);1-2H,(H,5,6)(H,7,8)/b;2-1-. The predicted molar refractivity (Wildman–Crippen MR) is 147 cm³/mol. The maximum Gasteiger partial charge on any atom is 0.328 e. The van der Waals surface area contributed by atoms with Crippen LogP contribution < -0.4 is 25.3 Å². The Morgan fingerprint density at radius 3 is 2.07 bits per heavy atom. The van der Waals surface area contributed by atoms with Crippen molar-refractivity contribution in [2.45, 2.75) is 0 Å². The van der Waals surface area contributed by atoms with Crippen LogP contribution in [-0.2, 0) is 9.59 Å². The third-order valence-corrected chi connectivity index (χ3v) is 5.13. The number of methoxy groups -OCH3 is 2. The number of nitrogen functional groups attached to an aromatic ring is 1. The van der Waals surface area contributed by atoms with Gasteiger partial charge in [-0.25, -0.2) is 9.59 Å². The number of rotatable bonds is 8. The molecule has 4 rings (SSSR count). The minimum absolute atomic E-state index is 0.170. The smallest absolute Gasteiger partial charge is 0.328 e. The number of nitrogens with two attached hydrogens (primary N) is 1. The van der Waals surface area contributed by atoms with Crippen LogP contribution in [0.25, 0.3) is 10.8 Å². The van der Waals surface area contributed by atoms with Gasteiger partial charge >= 0.3 is 11.9 Å². The topological polar surface area (TPSA) is 214 Å². The molecule has 0 saturated heterocycles. The first kappa shape index (κ1) is 29.2. The number of fused-ring (bicyclic) bond motifs is 1. The number of benzene rings is 3. The lowest BCUT2D eigenvalue weighted by molar-refractivity contribution is -0.134. The van der Waals surface area contributed by atoms with E-state index >= 15 is 0 Å². The van der Waals surface area contributed by atoms with Crippen LogP contribution in [-0.4, -0.2) is 46.3 Å². The van der Waals surface area contributed by atoms with E-state index in [1.165, 1.54) is 20.3 Å². The first-order chi connectivity index (χ1) is 19.7. The molecule has 13 nitrogen and oxygen atoms in total. The molecule has 13 heteroatoms. The van der Waals surface area contributed by atoms with Crippen LogP contribution in [0.15, 0.2) is 66.7 Å². The van der Waals surface area contributed by atoms with Gasteiger partial charge in [-0.2, -0.15) is 20.5 Å². The monoisotopic (exact) mass is 554 g/mol. The maximum atomic E-state index is 9.55. The highest BCUT2D eigenvalue weighted by molar-refractivity contribution is 5.94. The van der Waals surface area contributed by atoms with E-state index in [1.54, 1.807) is 48.5 Å². The summed E-state index contributed by atoms with van der Waals surface area (Å²) in [6.45, 7) is 0. The molecule has 0 unspecified atom stereocenters. The van der Waals surface area contributed by atoms with Gasteiger partial charge in [-0.3, -0.25) is 0 Å². The van der Waals surface area contributed by atoms with Crippen molar-refractivity contribution < 1.29 is 34.0 Å². The molecule has 1 heterocycles. The van der Waals surface area contributed by atoms with Gasteiger partial charge in [-0.15, -0.1) is 0 Å². The van der Waals surface area contributed by atoms with Crippen LogP contribution in [0.4, 0.5) is 17.5 Å². The summed E-state index contributed by atoms with van der Waals surface area (Å²) in [6.07, 6.45) is 1.12. The zero-order valence-electron chi connectivity index (χ0n) is 21.7. The number of hydrogen-bond acceptors (Lipinski definition) is 11. The fourth-order valence-corrected chi connectivity index (χ4v) is 3.41. The number of aliphatic carboxylic acids is 2. The molecule has 0 fully saturated rings. The molecule has 4 aromatic rings. The van der Waals surface area contributed by atoms with E-state index in [-0.39, 0.29) is 17.6 Å². The van der Waals surface area contributed by atoms with Crippen LogP contribution in [0.1, 0.15) is 11.1 Å². The van der Waals surface area contributed by atoms with Crippen molar-refractivity contribution in [3.63, 3.8) is 0 Å². The highest BCUT2D eigenvalue weighted by Gasteiger charge is 2.19. The minimum atomic E-state index is -1.26. The van der Waals surface area contributed by atoms with Gasteiger partial charge in [0, 0.05) is 29.3 Å². The quantitative estimate of drug-likeness (QED) is 0.225. The number of hydrogen-bond donors (Lipinski definition) is 4. The number of carbonyl (C=O) groups is 2. The molecule has 0 saturated carbocycles. The lowest BCUT2D eigenvalue weighted by Crippen LogP contribution is -2.03. The van der Waals surface area contributed by atoms with Gasteiger partial charge in [0.15, 0.2) is 11.5 Å². The number of ether oxygens (including phenoxy) is 3. The number of aromatic nitrogens is 2. The Morgan fingerprint density at radius 2 is 1.51 bits per heavy atom. The van der Waals surface area contributed by atoms with Crippen molar-refractivity contribution in [2.24, 2.45) is 0 Å². The number of nitrogens with zero attached hydrogens (tertiary/aromatic N) is 4. The molecule has 0 atom stereocenters. The van der Waals surface area contributed by atoms with E-state index in [9.17, 15) is 14.9 Å². The Morgan fingerprint density at radius 1 is 0.878 bits per heavy atom. The third kappa shape index (κ3) is 7.83. The Bertz CT molecular complexity index is 1690. The van der Waals surface area contributed by atoms with Crippen LogP contribution >= 0.6 is 0 Å². The summed E-state index contributed by atoms with van der Waals surface area (Å²) in [5.74, 6) is -0.816. The summed E-state index contributed by atoms with van der Waals surface area (Å²) >= 11 is 0. The number of carboxylic acid groups (broad SMARTS) is 2. The summed E-state index contributed by atoms with van der Waals surface area (Å²) in [7, 11) is 3.03. The van der Waals surface area contributed by atoms with Gasteiger partial charge in [0.2, 0.25) is 17.6 Å². The van der Waals surface area contributed by atoms with Gasteiger partial charge in [0.25, 0.3) is 0 Å². The third-order valence-electron chi connectivity index (χ3n) is 5.13. The van der Waals surface area contributed by atoms with Gasteiger partial charge in [0.05, 0.1) is 37.5 Å². The van der Waals surface area contributed by atoms with Gasteiger partial charge in [0.1, 0.15) is 5.82 Å². The van der Waals surface area contributed by atoms with E-state index in [0.29, 0.717) is 46.2 Å².